The number of carbonyl (C=O) groups excluding carboxylic acids is 1. The molecule has 0 spiro atoms. The molecule has 1 aromatic carbocycles. The molecule has 2 unspecified atom stereocenters. The fraction of sp³-hybridized carbons (Fsp3) is 0.474. The highest BCUT2D eigenvalue weighted by Gasteiger charge is 2.21. The zero-order valence-corrected chi connectivity index (χ0v) is 15.7. The monoisotopic (exact) mass is 358 g/mol. The van der Waals surface area contributed by atoms with Crippen LogP contribution in [0.2, 0.25) is 0 Å². The molecule has 7 nitrogen and oxygen atoms in total. The smallest absolute Gasteiger partial charge is 0.345 e. The third kappa shape index (κ3) is 4.68. The predicted octanol–water partition coefficient (Wildman–Crippen LogP) is 3.88. The molecular formula is C19H26N4O3. The van der Waals surface area contributed by atoms with Crippen molar-refractivity contribution in [2.75, 3.05) is 0 Å². The van der Waals surface area contributed by atoms with E-state index in [9.17, 15) is 14.9 Å². The molecule has 0 aliphatic carbocycles. The van der Waals surface area contributed by atoms with Crippen molar-refractivity contribution in [2.45, 2.75) is 59.0 Å². The summed E-state index contributed by atoms with van der Waals surface area (Å²) in [6.45, 7) is 7.83. The van der Waals surface area contributed by atoms with E-state index in [1.54, 1.807) is 6.92 Å². The average molecular weight is 358 g/mol. The van der Waals surface area contributed by atoms with Gasteiger partial charge in [-0.2, -0.15) is 0 Å². The highest BCUT2D eigenvalue weighted by molar-refractivity contribution is 5.76. The molecule has 1 N–H and O–H groups in total. The largest absolute Gasteiger partial charge is 0.358 e. The van der Waals surface area contributed by atoms with Gasteiger partial charge in [0.25, 0.3) is 5.91 Å². The molecule has 2 atom stereocenters. The van der Waals surface area contributed by atoms with E-state index in [1.807, 2.05) is 19.1 Å². The predicted molar refractivity (Wildman–Crippen MR) is 99.9 cm³/mol. The van der Waals surface area contributed by atoms with E-state index in [2.05, 4.69) is 36.4 Å². The Balaban J connectivity index is 2.07. The van der Waals surface area contributed by atoms with Gasteiger partial charge >= 0.3 is 5.82 Å². The zero-order chi connectivity index (χ0) is 19.3. The molecule has 1 amide bonds. The summed E-state index contributed by atoms with van der Waals surface area (Å²) >= 11 is 0. The molecular weight excluding hydrogens is 332 g/mol. The van der Waals surface area contributed by atoms with E-state index >= 15 is 0 Å². The lowest BCUT2D eigenvalue weighted by molar-refractivity contribution is -0.392. The van der Waals surface area contributed by atoms with Crippen molar-refractivity contribution in [1.29, 1.82) is 0 Å². The van der Waals surface area contributed by atoms with Crippen molar-refractivity contribution in [2.24, 2.45) is 0 Å². The second kappa shape index (κ2) is 8.60. The molecule has 0 aliphatic rings. The van der Waals surface area contributed by atoms with Crippen LogP contribution in [0.1, 0.15) is 62.4 Å². The van der Waals surface area contributed by atoms with Gasteiger partial charge in [-0.1, -0.05) is 50.1 Å². The van der Waals surface area contributed by atoms with Gasteiger partial charge in [0.05, 0.1) is 17.8 Å². The minimum atomic E-state index is -0.530. The van der Waals surface area contributed by atoms with Crippen LogP contribution in [-0.2, 0) is 11.3 Å². The van der Waals surface area contributed by atoms with Crippen LogP contribution < -0.4 is 5.32 Å². The topological polar surface area (TPSA) is 90.1 Å². The first-order valence-electron chi connectivity index (χ1n) is 8.93. The Morgan fingerprint density at radius 2 is 1.85 bits per heavy atom. The lowest BCUT2D eigenvalue weighted by Gasteiger charge is -2.18. The van der Waals surface area contributed by atoms with E-state index in [1.165, 1.54) is 11.6 Å². The minimum Gasteiger partial charge on any atom is -0.358 e. The Hall–Kier alpha value is -2.70. The third-order valence-electron chi connectivity index (χ3n) is 4.63. The van der Waals surface area contributed by atoms with Crippen molar-refractivity contribution in [3.63, 3.8) is 0 Å². The standard InChI is InChI=1S/C19H26N4O3/c1-5-13(3)15-7-9-16(10-8-15)17(6-2)20-18(24)12-22-19(23(25)26)11-14(4)21-22/h7-11,13,17H,5-6,12H2,1-4H3,(H,20,24). The Bertz CT molecular complexity index is 768. The van der Waals surface area contributed by atoms with Crippen LogP contribution >= 0.6 is 0 Å². The van der Waals surface area contributed by atoms with Gasteiger partial charge in [-0.05, 0) is 41.7 Å². The number of hydrogen-bond acceptors (Lipinski definition) is 4. The fourth-order valence-corrected chi connectivity index (χ4v) is 2.88. The van der Waals surface area contributed by atoms with Crippen LogP contribution in [0, 0.1) is 17.0 Å². The first-order chi connectivity index (χ1) is 12.3. The summed E-state index contributed by atoms with van der Waals surface area (Å²) in [4.78, 5) is 22.9. The van der Waals surface area contributed by atoms with Gasteiger partial charge in [-0.3, -0.25) is 4.79 Å². The van der Waals surface area contributed by atoms with Crippen LogP contribution in [0.15, 0.2) is 30.3 Å². The van der Waals surface area contributed by atoms with Gasteiger partial charge in [-0.25, -0.2) is 0 Å². The van der Waals surface area contributed by atoms with E-state index in [-0.39, 0.29) is 24.3 Å². The van der Waals surface area contributed by atoms with Crippen molar-refractivity contribution < 1.29 is 9.72 Å². The van der Waals surface area contributed by atoms with Gasteiger partial charge in [0, 0.05) is 0 Å². The first kappa shape index (κ1) is 19.6. The van der Waals surface area contributed by atoms with Gasteiger partial charge in [0.2, 0.25) is 0 Å². The number of hydrogen-bond donors (Lipinski definition) is 1. The zero-order valence-electron chi connectivity index (χ0n) is 15.7. The molecule has 0 bridgehead atoms. The number of nitrogens with zero attached hydrogens (tertiary/aromatic N) is 3. The molecule has 140 valence electrons. The normalized spacial score (nSPS) is 13.2. The summed E-state index contributed by atoms with van der Waals surface area (Å²) in [5.41, 5.74) is 2.82. The number of benzene rings is 1. The lowest BCUT2D eigenvalue weighted by Crippen LogP contribution is -2.31. The fourth-order valence-electron chi connectivity index (χ4n) is 2.88. The van der Waals surface area contributed by atoms with E-state index in [0.717, 1.165) is 23.1 Å². The number of nitrogens with one attached hydrogen (secondary N) is 1. The lowest BCUT2D eigenvalue weighted by atomic mass is 9.95. The van der Waals surface area contributed by atoms with E-state index in [0.29, 0.717) is 11.6 Å². The molecule has 0 aliphatic heterocycles. The van der Waals surface area contributed by atoms with Crippen molar-refractivity contribution >= 4 is 11.7 Å². The number of carbonyl (C=O) groups is 1. The molecule has 0 saturated carbocycles. The average Bonchev–Trinajstić information content (AvgIpc) is 2.99. The number of rotatable bonds is 8. The summed E-state index contributed by atoms with van der Waals surface area (Å²) in [5, 5.41) is 18.0. The van der Waals surface area contributed by atoms with Crippen LogP contribution in [0.5, 0.6) is 0 Å². The summed E-state index contributed by atoms with van der Waals surface area (Å²) in [6, 6.07) is 9.50. The van der Waals surface area contributed by atoms with Gasteiger partial charge < -0.3 is 15.4 Å². The first-order valence-corrected chi connectivity index (χ1v) is 8.93. The Labute approximate surface area is 153 Å². The SMILES string of the molecule is CCC(C)c1ccc(C(CC)NC(=O)Cn2nc(C)cc2[N+](=O)[O-])cc1. The van der Waals surface area contributed by atoms with Crippen LogP contribution in [0.25, 0.3) is 0 Å². The number of amides is 1. The van der Waals surface area contributed by atoms with Gasteiger partial charge in [0.1, 0.15) is 0 Å². The molecule has 2 aromatic rings. The highest BCUT2D eigenvalue weighted by atomic mass is 16.6. The summed E-state index contributed by atoms with van der Waals surface area (Å²) < 4.78 is 1.13. The molecule has 2 rings (SSSR count). The van der Waals surface area contributed by atoms with E-state index in [4.69, 9.17) is 0 Å². The quantitative estimate of drug-likeness (QED) is 0.573. The number of nitro groups is 1. The van der Waals surface area contributed by atoms with Crippen LogP contribution in [0.3, 0.4) is 0 Å². The Morgan fingerprint density at radius 1 is 1.23 bits per heavy atom. The van der Waals surface area contributed by atoms with Gasteiger partial charge in [-0.15, -0.1) is 4.68 Å². The maximum Gasteiger partial charge on any atom is 0.345 e. The molecule has 1 aromatic heterocycles. The van der Waals surface area contributed by atoms with Gasteiger partial charge in [0.15, 0.2) is 6.54 Å². The Morgan fingerprint density at radius 3 is 2.38 bits per heavy atom. The second-order valence-corrected chi connectivity index (χ2v) is 6.56. The molecule has 1 heterocycles. The molecule has 0 saturated heterocycles. The molecule has 7 heteroatoms. The van der Waals surface area contributed by atoms with E-state index < -0.39 is 4.92 Å². The van der Waals surface area contributed by atoms with Crippen molar-refractivity contribution in [1.82, 2.24) is 15.1 Å². The number of aromatic nitrogens is 2. The molecule has 0 radical (unpaired) electrons. The number of aryl methyl sites for hydroxylation is 1. The maximum absolute atomic E-state index is 12.4. The Kier molecular flexibility index (Phi) is 6.49. The molecule has 26 heavy (non-hydrogen) atoms. The highest BCUT2D eigenvalue weighted by Crippen LogP contribution is 2.23. The van der Waals surface area contributed by atoms with Crippen molar-refractivity contribution in [3.8, 4) is 0 Å². The summed E-state index contributed by atoms with van der Waals surface area (Å²) in [6.07, 6.45) is 1.81. The van der Waals surface area contributed by atoms with Crippen molar-refractivity contribution in [3.05, 3.63) is 57.3 Å². The minimum absolute atomic E-state index is 0.135. The van der Waals surface area contributed by atoms with Crippen LogP contribution in [0.4, 0.5) is 5.82 Å². The summed E-state index contributed by atoms with van der Waals surface area (Å²) in [5.74, 6) is 0.0278. The van der Waals surface area contributed by atoms with Crippen LogP contribution in [-0.4, -0.2) is 20.6 Å². The summed E-state index contributed by atoms with van der Waals surface area (Å²) in [7, 11) is 0. The second-order valence-electron chi connectivity index (χ2n) is 6.56. The maximum atomic E-state index is 12.4. The third-order valence-corrected chi connectivity index (χ3v) is 4.63. The molecule has 0 fully saturated rings.